The standard InChI is InChI=1S/C26H30BFO4/c1-3-7-20(16-21-10-12-25(29)24(28)17-21)11-13-26-23(14-15-27(30)32-26)19(2)18-31-22-8-5-4-6-9-22/h4-6,8-10,12,14,16-17,26,29-30H,2-3,7,11,13,15,18H2,1H3/b20-16+. The molecule has 0 spiro atoms. The first-order valence-electron chi connectivity index (χ1n) is 11.0. The molecule has 0 bridgehead atoms. The van der Waals surface area contributed by atoms with Crippen molar-refractivity contribution in [3.05, 3.63) is 89.3 Å². The largest absolute Gasteiger partial charge is 0.505 e. The number of ether oxygens (including phenoxy) is 1. The topological polar surface area (TPSA) is 58.9 Å². The number of hydrogen-bond acceptors (Lipinski definition) is 4. The molecule has 3 rings (SSSR count). The highest BCUT2D eigenvalue weighted by Crippen LogP contribution is 2.29. The molecule has 0 aliphatic carbocycles. The smallest absolute Gasteiger partial charge is 0.458 e. The molecular formula is C26H30BFO4. The molecule has 0 fully saturated rings. The maximum absolute atomic E-state index is 13.7. The highest BCUT2D eigenvalue weighted by molar-refractivity contribution is 6.43. The van der Waals surface area contributed by atoms with E-state index < -0.39 is 12.9 Å². The predicted molar refractivity (Wildman–Crippen MR) is 127 cm³/mol. The van der Waals surface area contributed by atoms with Crippen LogP contribution in [-0.2, 0) is 4.65 Å². The number of halogens is 1. The SMILES string of the molecule is C=C(COc1ccccc1)C1=CCB(O)OC1CC/C(=C/c1ccc(O)c(F)c1)CCC. The summed E-state index contributed by atoms with van der Waals surface area (Å²) >= 11 is 0. The molecule has 0 radical (unpaired) electrons. The van der Waals surface area contributed by atoms with E-state index in [-0.39, 0.29) is 11.9 Å². The minimum absolute atomic E-state index is 0.289. The zero-order chi connectivity index (χ0) is 22.9. The lowest BCUT2D eigenvalue weighted by atomic mass is 9.78. The van der Waals surface area contributed by atoms with Gasteiger partial charge in [0.25, 0.3) is 0 Å². The van der Waals surface area contributed by atoms with Crippen LogP contribution in [0.15, 0.2) is 77.9 Å². The molecule has 1 heterocycles. The summed E-state index contributed by atoms with van der Waals surface area (Å²) in [6.07, 6.45) is 7.30. The summed E-state index contributed by atoms with van der Waals surface area (Å²) in [5.41, 5.74) is 3.65. The molecule has 1 unspecified atom stereocenters. The van der Waals surface area contributed by atoms with E-state index in [0.717, 1.165) is 41.7 Å². The van der Waals surface area contributed by atoms with Crippen molar-refractivity contribution >= 4 is 13.2 Å². The lowest BCUT2D eigenvalue weighted by molar-refractivity contribution is 0.181. The second kappa shape index (κ2) is 11.7. The van der Waals surface area contributed by atoms with Crippen molar-refractivity contribution in [2.24, 2.45) is 0 Å². The van der Waals surface area contributed by atoms with E-state index >= 15 is 0 Å². The Hall–Kier alpha value is -2.83. The molecule has 168 valence electrons. The van der Waals surface area contributed by atoms with Gasteiger partial charge in [0.2, 0.25) is 0 Å². The van der Waals surface area contributed by atoms with Crippen LogP contribution in [0.3, 0.4) is 0 Å². The molecule has 6 heteroatoms. The van der Waals surface area contributed by atoms with Gasteiger partial charge >= 0.3 is 7.12 Å². The van der Waals surface area contributed by atoms with Crippen molar-refractivity contribution in [2.45, 2.75) is 45.0 Å². The van der Waals surface area contributed by atoms with E-state index in [1.807, 2.05) is 42.5 Å². The first-order valence-corrected chi connectivity index (χ1v) is 11.0. The third-order valence-electron chi connectivity index (χ3n) is 5.41. The second-order valence-electron chi connectivity index (χ2n) is 7.98. The van der Waals surface area contributed by atoms with Gasteiger partial charge in [-0.3, -0.25) is 0 Å². The van der Waals surface area contributed by atoms with Crippen LogP contribution in [0.2, 0.25) is 6.32 Å². The van der Waals surface area contributed by atoms with Gasteiger partial charge in [0.1, 0.15) is 12.4 Å². The van der Waals surface area contributed by atoms with E-state index in [1.165, 1.54) is 12.1 Å². The maximum atomic E-state index is 13.7. The number of phenolic OH excluding ortho intramolecular Hbond substituents is 1. The lowest BCUT2D eigenvalue weighted by Crippen LogP contribution is -2.32. The Labute approximate surface area is 189 Å². The quantitative estimate of drug-likeness (QED) is 0.453. The fourth-order valence-corrected chi connectivity index (χ4v) is 3.80. The molecular weight excluding hydrogens is 406 g/mol. The number of benzene rings is 2. The number of para-hydroxylation sites is 1. The molecule has 32 heavy (non-hydrogen) atoms. The van der Waals surface area contributed by atoms with Gasteiger partial charge in [0.05, 0.1) is 6.10 Å². The van der Waals surface area contributed by atoms with Crippen molar-refractivity contribution in [1.29, 1.82) is 0 Å². The molecule has 0 amide bonds. The molecule has 2 N–H and O–H groups in total. The first-order chi connectivity index (χ1) is 15.5. The molecule has 1 aliphatic heterocycles. The fourth-order valence-electron chi connectivity index (χ4n) is 3.80. The van der Waals surface area contributed by atoms with E-state index in [1.54, 1.807) is 6.07 Å². The highest BCUT2D eigenvalue weighted by Gasteiger charge is 2.28. The van der Waals surface area contributed by atoms with E-state index in [9.17, 15) is 14.5 Å². The molecule has 0 saturated heterocycles. The zero-order valence-electron chi connectivity index (χ0n) is 18.5. The molecule has 4 nitrogen and oxygen atoms in total. The highest BCUT2D eigenvalue weighted by atomic mass is 19.1. The lowest BCUT2D eigenvalue weighted by Gasteiger charge is -2.28. The van der Waals surface area contributed by atoms with E-state index in [2.05, 4.69) is 13.5 Å². The van der Waals surface area contributed by atoms with Gasteiger partial charge in [-0.25, -0.2) is 4.39 Å². The van der Waals surface area contributed by atoms with Crippen LogP contribution in [0.25, 0.3) is 6.08 Å². The Balaban J connectivity index is 1.67. The van der Waals surface area contributed by atoms with Gasteiger partial charge in [-0.2, -0.15) is 0 Å². The molecule has 2 aromatic carbocycles. The summed E-state index contributed by atoms with van der Waals surface area (Å²) in [6, 6.07) is 14.0. The second-order valence-corrected chi connectivity index (χ2v) is 7.98. The van der Waals surface area contributed by atoms with Crippen molar-refractivity contribution in [3.8, 4) is 11.5 Å². The zero-order valence-corrected chi connectivity index (χ0v) is 18.5. The van der Waals surface area contributed by atoms with Crippen LogP contribution in [0.5, 0.6) is 11.5 Å². The summed E-state index contributed by atoms with van der Waals surface area (Å²) in [5.74, 6) is -0.208. The Morgan fingerprint density at radius 1 is 1.25 bits per heavy atom. The fraction of sp³-hybridized carbons (Fsp3) is 0.308. The Morgan fingerprint density at radius 2 is 2.03 bits per heavy atom. The maximum Gasteiger partial charge on any atom is 0.458 e. The molecule has 2 aromatic rings. The monoisotopic (exact) mass is 436 g/mol. The first kappa shape index (κ1) is 23.8. The van der Waals surface area contributed by atoms with Crippen LogP contribution in [0.1, 0.15) is 38.2 Å². The van der Waals surface area contributed by atoms with Gasteiger partial charge in [-0.15, -0.1) is 0 Å². The Morgan fingerprint density at radius 3 is 2.75 bits per heavy atom. The predicted octanol–water partition coefficient (Wildman–Crippen LogP) is 5.94. The third-order valence-corrected chi connectivity index (χ3v) is 5.41. The number of phenols is 1. The molecule has 1 aliphatic rings. The van der Waals surface area contributed by atoms with Crippen LogP contribution in [0, 0.1) is 5.82 Å². The molecule has 0 saturated carbocycles. The number of allylic oxidation sites excluding steroid dienone is 2. The Bertz CT molecular complexity index is 971. The van der Waals surface area contributed by atoms with Gasteiger partial charge in [0.15, 0.2) is 11.6 Å². The minimum atomic E-state index is -0.837. The van der Waals surface area contributed by atoms with Gasteiger partial charge in [-0.1, -0.05) is 61.9 Å². The number of aromatic hydroxyl groups is 1. The van der Waals surface area contributed by atoms with Crippen LogP contribution in [-0.4, -0.2) is 30.0 Å². The van der Waals surface area contributed by atoms with E-state index in [4.69, 9.17) is 9.39 Å². The van der Waals surface area contributed by atoms with Crippen molar-refractivity contribution in [2.75, 3.05) is 6.61 Å². The minimum Gasteiger partial charge on any atom is -0.505 e. The average molecular weight is 436 g/mol. The van der Waals surface area contributed by atoms with Crippen molar-refractivity contribution in [3.63, 3.8) is 0 Å². The summed E-state index contributed by atoms with van der Waals surface area (Å²) < 4.78 is 25.4. The molecule has 0 aromatic heterocycles. The van der Waals surface area contributed by atoms with E-state index in [0.29, 0.717) is 24.9 Å². The van der Waals surface area contributed by atoms with Crippen LogP contribution >= 0.6 is 0 Å². The summed E-state index contributed by atoms with van der Waals surface area (Å²) in [7, 11) is -0.837. The number of hydrogen-bond donors (Lipinski definition) is 2. The van der Waals surface area contributed by atoms with Gasteiger partial charge < -0.3 is 19.5 Å². The summed E-state index contributed by atoms with van der Waals surface area (Å²) in [6.45, 7) is 6.62. The normalized spacial score (nSPS) is 16.6. The number of rotatable bonds is 10. The summed E-state index contributed by atoms with van der Waals surface area (Å²) in [5, 5.41) is 19.5. The average Bonchev–Trinajstić information content (AvgIpc) is 2.79. The van der Waals surface area contributed by atoms with Crippen molar-refractivity contribution in [1.82, 2.24) is 0 Å². The van der Waals surface area contributed by atoms with Gasteiger partial charge in [-0.05, 0) is 60.2 Å². The molecule has 1 atom stereocenters. The van der Waals surface area contributed by atoms with Gasteiger partial charge in [0, 0.05) is 6.32 Å². The van der Waals surface area contributed by atoms with Crippen molar-refractivity contribution < 1.29 is 23.9 Å². The van der Waals surface area contributed by atoms with Crippen LogP contribution in [0.4, 0.5) is 4.39 Å². The Kier molecular flexibility index (Phi) is 8.71. The summed E-state index contributed by atoms with van der Waals surface area (Å²) in [4.78, 5) is 0. The van der Waals surface area contributed by atoms with Crippen LogP contribution < -0.4 is 4.74 Å². The third kappa shape index (κ3) is 6.84.